The largest absolute Gasteiger partial charge is 0.454 e. The molecule has 5 heteroatoms. The van der Waals surface area contributed by atoms with Crippen LogP contribution in [-0.2, 0) is 0 Å². The van der Waals surface area contributed by atoms with E-state index in [1.54, 1.807) is 12.1 Å². The Kier molecular flexibility index (Phi) is 3.23. The summed E-state index contributed by atoms with van der Waals surface area (Å²) in [6, 6.07) is 16.4. The average Bonchev–Trinajstić information content (AvgIpc) is 2.49. The highest BCUT2D eigenvalue weighted by molar-refractivity contribution is 5.83. The molecule has 21 heavy (non-hydrogen) atoms. The fourth-order valence-electron chi connectivity index (χ4n) is 2.04. The Morgan fingerprint density at radius 3 is 2.43 bits per heavy atom. The van der Waals surface area contributed by atoms with Gasteiger partial charge in [-0.3, -0.25) is 10.1 Å². The fourth-order valence-corrected chi connectivity index (χ4v) is 2.04. The molecular weight excluding hydrogens is 273 g/mol. The standard InChI is InChI=1S/C16H10FNO3/c17-15-10-13(18(19)20)6-8-16(15)21-14-7-5-11-3-1-2-4-12(11)9-14/h1-10H. The van der Waals surface area contributed by atoms with Crippen molar-refractivity contribution in [3.63, 3.8) is 0 Å². The number of rotatable bonds is 3. The second kappa shape index (κ2) is 5.20. The zero-order chi connectivity index (χ0) is 14.8. The molecule has 0 aliphatic rings. The number of fused-ring (bicyclic) bond motifs is 1. The first kappa shape index (κ1) is 13.1. The number of hydrogen-bond acceptors (Lipinski definition) is 3. The Morgan fingerprint density at radius 2 is 1.71 bits per heavy atom. The number of hydrogen-bond donors (Lipinski definition) is 0. The van der Waals surface area contributed by atoms with Gasteiger partial charge in [0.05, 0.1) is 11.0 Å². The first-order chi connectivity index (χ1) is 10.1. The summed E-state index contributed by atoms with van der Waals surface area (Å²) in [6.45, 7) is 0. The predicted molar refractivity (Wildman–Crippen MR) is 77.1 cm³/mol. The molecule has 0 saturated heterocycles. The maximum atomic E-state index is 13.8. The Bertz CT molecular complexity index is 833. The van der Waals surface area contributed by atoms with Gasteiger partial charge in [-0.1, -0.05) is 30.3 Å². The van der Waals surface area contributed by atoms with Crippen LogP contribution >= 0.6 is 0 Å². The van der Waals surface area contributed by atoms with Gasteiger partial charge in [-0.25, -0.2) is 4.39 Å². The molecular formula is C16H10FNO3. The summed E-state index contributed by atoms with van der Waals surface area (Å²) in [5, 5.41) is 12.6. The van der Waals surface area contributed by atoms with E-state index in [0.717, 1.165) is 16.8 Å². The van der Waals surface area contributed by atoms with Crippen LogP contribution in [0.5, 0.6) is 11.5 Å². The maximum absolute atomic E-state index is 13.8. The Labute approximate surface area is 119 Å². The molecule has 0 radical (unpaired) electrons. The first-order valence-electron chi connectivity index (χ1n) is 6.24. The smallest absolute Gasteiger partial charge is 0.272 e. The molecule has 0 atom stereocenters. The third kappa shape index (κ3) is 2.67. The lowest BCUT2D eigenvalue weighted by Gasteiger charge is -2.07. The molecule has 4 nitrogen and oxygen atoms in total. The van der Waals surface area contributed by atoms with Crippen molar-refractivity contribution in [2.45, 2.75) is 0 Å². The van der Waals surface area contributed by atoms with Crippen molar-refractivity contribution < 1.29 is 14.1 Å². The lowest BCUT2D eigenvalue weighted by Crippen LogP contribution is -1.92. The summed E-state index contributed by atoms with van der Waals surface area (Å²) in [5.74, 6) is -0.338. The van der Waals surface area contributed by atoms with Crippen molar-refractivity contribution in [3.8, 4) is 11.5 Å². The van der Waals surface area contributed by atoms with Crippen LogP contribution in [0, 0.1) is 15.9 Å². The Morgan fingerprint density at radius 1 is 0.952 bits per heavy atom. The molecule has 0 aliphatic heterocycles. The minimum absolute atomic E-state index is 0.0455. The Hall–Kier alpha value is -2.95. The summed E-state index contributed by atoms with van der Waals surface area (Å²) in [6.07, 6.45) is 0. The summed E-state index contributed by atoms with van der Waals surface area (Å²) < 4.78 is 19.2. The third-order valence-electron chi connectivity index (χ3n) is 3.08. The monoisotopic (exact) mass is 283 g/mol. The van der Waals surface area contributed by atoms with Gasteiger partial charge in [0.2, 0.25) is 0 Å². The molecule has 104 valence electrons. The molecule has 3 aromatic rings. The number of nitrogens with zero attached hydrogens (tertiary/aromatic N) is 1. The number of halogens is 1. The highest BCUT2D eigenvalue weighted by Crippen LogP contribution is 2.29. The van der Waals surface area contributed by atoms with Gasteiger partial charge in [-0.2, -0.15) is 0 Å². The van der Waals surface area contributed by atoms with Gasteiger partial charge in [0.15, 0.2) is 11.6 Å². The van der Waals surface area contributed by atoms with Gasteiger partial charge in [0, 0.05) is 6.07 Å². The topological polar surface area (TPSA) is 52.4 Å². The molecule has 0 amide bonds. The minimum atomic E-state index is -0.766. The van der Waals surface area contributed by atoms with Gasteiger partial charge in [-0.15, -0.1) is 0 Å². The van der Waals surface area contributed by atoms with E-state index in [2.05, 4.69) is 0 Å². The molecule has 0 fully saturated rings. The first-order valence-corrected chi connectivity index (χ1v) is 6.24. The summed E-state index contributed by atoms with van der Waals surface area (Å²) in [5.41, 5.74) is -0.307. The van der Waals surface area contributed by atoms with Crippen LogP contribution in [0.1, 0.15) is 0 Å². The fraction of sp³-hybridized carbons (Fsp3) is 0. The van der Waals surface area contributed by atoms with E-state index in [4.69, 9.17) is 4.74 Å². The minimum Gasteiger partial charge on any atom is -0.454 e. The molecule has 0 bridgehead atoms. The number of non-ortho nitro benzene ring substituents is 1. The van der Waals surface area contributed by atoms with E-state index in [0.29, 0.717) is 5.75 Å². The summed E-state index contributed by atoms with van der Waals surface area (Å²) >= 11 is 0. The molecule has 0 heterocycles. The zero-order valence-corrected chi connectivity index (χ0v) is 10.8. The van der Waals surface area contributed by atoms with E-state index in [1.807, 2.05) is 30.3 Å². The molecule has 0 saturated carbocycles. The van der Waals surface area contributed by atoms with Crippen molar-refractivity contribution in [1.29, 1.82) is 0 Å². The van der Waals surface area contributed by atoms with Crippen molar-refractivity contribution >= 4 is 16.5 Å². The highest BCUT2D eigenvalue weighted by atomic mass is 19.1. The van der Waals surface area contributed by atoms with E-state index in [-0.39, 0.29) is 11.4 Å². The molecule has 0 N–H and O–H groups in total. The van der Waals surface area contributed by atoms with Crippen LogP contribution in [0.25, 0.3) is 10.8 Å². The van der Waals surface area contributed by atoms with Crippen molar-refractivity contribution in [2.24, 2.45) is 0 Å². The van der Waals surface area contributed by atoms with Gasteiger partial charge < -0.3 is 4.74 Å². The molecule has 3 rings (SSSR count). The van der Waals surface area contributed by atoms with E-state index < -0.39 is 10.7 Å². The van der Waals surface area contributed by atoms with E-state index in [9.17, 15) is 14.5 Å². The predicted octanol–water partition coefficient (Wildman–Crippen LogP) is 4.68. The van der Waals surface area contributed by atoms with Gasteiger partial charge in [-0.05, 0) is 29.0 Å². The number of nitro groups is 1. The van der Waals surface area contributed by atoms with Gasteiger partial charge in [0.25, 0.3) is 5.69 Å². The lowest BCUT2D eigenvalue weighted by molar-refractivity contribution is -0.385. The quantitative estimate of drug-likeness (QED) is 0.518. The zero-order valence-electron chi connectivity index (χ0n) is 10.8. The Balaban J connectivity index is 1.93. The normalized spacial score (nSPS) is 10.5. The maximum Gasteiger partial charge on any atom is 0.272 e. The summed E-state index contributed by atoms with van der Waals surface area (Å²) in [7, 11) is 0. The number of nitro benzene ring substituents is 1. The summed E-state index contributed by atoms with van der Waals surface area (Å²) in [4.78, 5) is 9.92. The SMILES string of the molecule is O=[N+]([O-])c1ccc(Oc2ccc3ccccc3c2)c(F)c1. The van der Waals surface area contributed by atoms with Crippen LogP contribution in [-0.4, -0.2) is 4.92 Å². The van der Waals surface area contributed by atoms with E-state index >= 15 is 0 Å². The highest BCUT2D eigenvalue weighted by Gasteiger charge is 2.12. The molecule has 3 aromatic carbocycles. The van der Waals surface area contributed by atoms with Crippen molar-refractivity contribution in [3.05, 3.63) is 76.6 Å². The number of benzene rings is 3. The van der Waals surface area contributed by atoms with Crippen LogP contribution in [0.3, 0.4) is 0 Å². The van der Waals surface area contributed by atoms with Crippen molar-refractivity contribution in [2.75, 3.05) is 0 Å². The third-order valence-corrected chi connectivity index (χ3v) is 3.08. The number of ether oxygens (including phenoxy) is 1. The average molecular weight is 283 g/mol. The van der Waals surface area contributed by atoms with Gasteiger partial charge in [0.1, 0.15) is 5.75 Å². The lowest BCUT2D eigenvalue weighted by atomic mass is 10.1. The van der Waals surface area contributed by atoms with Crippen LogP contribution in [0.2, 0.25) is 0 Å². The van der Waals surface area contributed by atoms with Crippen LogP contribution in [0.4, 0.5) is 10.1 Å². The molecule has 0 aromatic heterocycles. The van der Waals surface area contributed by atoms with Gasteiger partial charge >= 0.3 is 0 Å². The van der Waals surface area contributed by atoms with Crippen LogP contribution in [0.15, 0.2) is 60.7 Å². The van der Waals surface area contributed by atoms with Crippen LogP contribution < -0.4 is 4.74 Å². The molecule has 0 spiro atoms. The molecule has 0 aliphatic carbocycles. The van der Waals surface area contributed by atoms with Crippen molar-refractivity contribution in [1.82, 2.24) is 0 Å². The molecule has 0 unspecified atom stereocenters. The second-order valence-corrected chi connectivity index (χ2v) is 4.48. The second-order valence-electron chi connectivity index (χ2n) is 4.48. The van der Waals surface area contributed by atoms with E-state index in [1.165, 1.54) is 12.1 Å².